The maximum Gasteiger partial charge on any atom is 0.341 e. The lowest BCUT2D eigenvalue weighted by molar-refractivity contribution is -0.121. The molecule has 2 aromatic heterocycles. The van der Waals surface area contributed by atoms with Crippen LogP contribution >= 0.6 is 11.3 Å². The lowest BCUT2D eigenvalue weighted by atomic mass is 9.88. The fourth-order valence-electron chi connectivity index (χ4n) is 4.71. The Morgan fingerprint density at radius 1 is 1.21 bits per heavy atom. The number of amides is 2. The van der Waals surface area contributed by atoms with Crippen LogP contribution in [0.15, 0.2) is 18.3 Å². The van der Waals surface area contributed by atoms with Crippen LogP contribution in [0.1, 0.15) is 52.5 Å². The van der Waals surface area contributed by atoms with Gasteiger partial charge in [0.05, 0.1) is 19.2 Å². The van der Waals surface area contributed by atoms with E-state index in [2.05, 4.69) is 27.4 Å². The molecule has 0 aromatic carbocycles. The number of hydrogen-bond acceptors (Lipinski definition) is 7. The van der Waals surface area contributed by atoms with Crippen LogP contribution in [0.2, 0.25) is 0 Å². The Hall–Kier alpha value is -2.78. The predicted molar refractivity (Wildman–Crippen MR) is 132 cm³/mol. The molecular formula is C25H32N4O4S. The van der Waals surface area contributed by atoms with Gasteiger partial charge in [0.2, 0.25) is 11.8 Å². The number of rotatable bonds is 6. The molecule has 8 nitrogen and oxygen atoms in total. The standard InChI is InChI=1S/C25H32N4O4S/c1-15-4-5-18-19(12-15)34-24(22(18)25(32)33-3)28-21(30)14-29-10-7-17(8-11-29)23(31)27-20-13-16(2)6-9-26-20/h6,9,13,15,17H,4-5,7-8,10-12,14H2,1-3H3,(H,28,30)(H,26,27,31). The zero-order valence-corrected chi connectivity index (χ0v) is 20.8. The molecule has 4 rings (SSSR count). The van der Waals surface area contributed by atoms with Gasteiger partial charge in [-0.15, -0.1) is 11.3 Å². The molecule has 1 fully saturated rings. The van der Waals surface area contributed by atoms with Gasteiger partial charge < -0.3 is 15.4 Å². The van der Waals surface area contributed by atoms with Gasteiger partial charge >= 0.3 is 5.97 Å². The Morgan fingerprint density at radius 2 is 1.97 bits per heavy atom. The molecule has 0 spiro atoms. The van der Waals surface area contributed by atoms with Crippen molar-refractivity contribution in [3.05, 3.63) is 39.9 Å². The van der Waals surface area contributed by atoms with Crippen molar-refractivity contribution in [2.75, 3.05) is 37.4 Å². The molecule has 34 heavy (non-hydrogen) atoms. The van der Waals surface area contributed by atoms with Gasteiger partial charge in [0.1, 0.15) is 10.8 Å². The monoisotopic (exact) mass is 484 g/mol. The Balaban J connectivity index is 1.32. The minimum atomic E-state index is -0.391. The quantitative estimate of drug-likeness (QED) is 0.607. The van der Waals surface area contributed by atoms with E-state index in [1.807, 2.05) is 19.1 Å². The van der Waals surface area contributed by atoms with E-state index in [4.69, 9.17) is 4.74 Å². The maximum atomic E-state index is 12.8. The number of carbonyl (C=O) groups is 3. The third-order valence-electron chi connectivity index (χ3n) is 6.65. The smallest absolute Gasteiger partial charge is 0.341 e. The lowest BCUT2D eigenvalue weighted by Gasteiger charge is -2.30. The van der Waals surface area contributed by atoms with Crippen LogP contribution in [-0.4, -0.2) is 54.4 Å². The van der Waals surface area contributed by atoms with Crippen LogP contribution in [0.4, 0.5) is 10.8 Å². The third kappa shape index (κ3) is 5.64. The summed E-state index contributed by atoms with van der Waals surface area (Å²) < 4.78 is 5.01. The number of likely N-dealkylation sites (tertiary alicyclic amines) is 1. The van der Waals surface area contributed by atoms with Gasteiger partial charge in [-0.3, -0.25) is 14.5 Å². The van der Waals surface area contributed by atoms with E-state index in [-0.39, 0.29) is 24.3 Å². The molecule has 1 unspecified atom stereocenters. The highest BCUT2D eigenvalue weighted by Gasteiger charge is 2.30. The molecule has 182 valence electrons. The molecular weight excluding hydrogens is 452 g/mol. The molecule has 0 saturated carbocycles. The second-order valence-corrected chi connectivity index (χ2v) is 10.5. The van der Waals surface area contributed by atoms with Crippen molar-refractivity contribution in [2.45, 2.75) is 46.0 Å². The number of fused-ring (bicyclic) bond motifs is 1. The van der Waals surface area contributed by atoms with Gasteiger partial charge in [-0.05, 0) is 81.3 Å². The number of esters is 1. The van der Waals surface area contributed by atoms with E-state index >= 15 is 0 Å². The van der Waals surface area contributed by atoms with Crippen molar-refractivity contribution in [2.24, 2.45) is 11.8 Å². The zero-order chi connectivity index (χ0) is 24.2. The molecule has 9 heteroatoms. The van der Waals surface area contributed by atoms with Crippen LogP contribution in [0, 0.1) is 18.8 Å². The number of nitrogens with zero attached hydrogens (tertiary/aromatic N) is 2. The van der Waals surface area contributed by atoms with Gasteiger partial charge in [0.25, 0.3) is 0 Å². The summed E-state index contributed by atoms with van der Waals surface area (Å²) in [6, 6.07) is 3.74. The number of thiophene rings is 1. The molecule has 0 bridgehead atoms. The molecule has 0 radical (unpaired) electrons. The first-order valence-electron chi connectivity index (χ1n) is 11.8. The van der Waals surface area contributed by atoms with Gasteiger partial charge in [0, 0.05) is 17.0 Å². The largest absolute Gasteiger partial charge is 0.465 e. The summed E-state index contributed by atoms with van der Waals surface area (Å²) in [5.41, 5.74) is 2.59. The summed E-state index contributed by atoms with van der Waals surface area (Å²) in [6.07, 6.45) is 5.84. The summed E-state index contributed by atoms with van der Waals surface area (Å²) in [5, 5.41) is 6.46. The Bertz CT molecular complexity index is 1070. The average Bonchev–Trinajstić information content (AvgIpc) is 3.15. The number of ether oxygens (including phenoxy) is 1. The molecule has 2 aromatic rings. The first kappa shape index (κ1) is 24.3. The van der Waals surface area contributed by atoms with Crippen molar-refractivity contribution >= 4 is 39.9 Å². The molecule has 1 atom stereocenters. The third-order valence-corrected chi connectivity index (χ3v) is 7.82. The highest BCUT2D eigenvalue weighted by molar-refractivity contribution is 7.17. The Labute approximate surface area is 204 Å². The van der Waals surface area contributed by atoms with Gasteiger partial charge in [-0.1, -0.05) is 6.92 Å². The minimum Gasteiger partial charge on any atom is -0.465 e. The van der Waals surface area contributed by atoms with Crippen LogP contribution < -0.4 is 10.6 Å². The number of hydrogen-bond donors (Lipinski definition) is 2. The van der Waals surface area contributed by atoms with E-state index in [9.17, 15) is 14.4 Å². The van der Waals surface area contributed by atoms with E-state index in [1.54, 1.807) is 6.20 Å². The van der Waals surface area contributed by atoms with Crippen molar-refractivity contribution in [1.82, 2.24) is 9.88 Å². The SMILES string of the molecule is COC(=O)c1c(NC(=O)CN2CCC(C(=O)Nc3cc(C)ccn3)CC2)sc2c1CCC(C)C2. The van der Waals surface area contributed by atoms with Crippen molar-refractivity contribution < 1.29 is 19.1 Å². The minimum absolute atomic E-state index is 0.0247. The summed E-state index contributed by atoms with van der Waals surface area (Å²) in [7, 11) is 1.37. The average molecular weight is 485 g/mol. The van der Waals surface area contributed by atoms with E-state index < -0.39 is 5.97 Å². The second-order valence-electron chi connectivity index (χ2n) is 9.35. The molecule has 1 aliphatic heterocycles. The molecule has 2 aliphatic rings. The number of methoxy groups -OCH3 is 1. The number of carbonyl (C=O) groups excluding carboxylic acids is 3. The number of aromatic nitrogens is 1. The fourth-order valence-corrected chi connectivity index (χ4v) is 6.13. The van der Waals surface area contributed by atoms with Crippen LogP contribution in [0.5, 0.6) is 0 Å². The highest BCUT2D eigenvalue weighted by Crippen LogP contribution is 2.40. The highest BCUT2D eigenvalue weighted by atomic mass is 32.1. The predicted octanol–water partition coefficient (Wildman–Crippen LogP) is 3.65. The molecule has 1 saturated heterocycles. The van der Waals surface area contributed by atoms with E-state index in [0.717, 1.165) is 30.4 Å². The van der Waals surface area contributed by atoms with Gasteiger partial charge in [-0.25, -0.2) is 9.78 Å². The summed E-state index contributed by atoms with van der Waals surface area (Å²) in [6.45, 7) is 5.72. The fraction of sp³-hybridized carbons (Fsp3) is 0.520. The Morgan fingerprint density at radius 3 is 2.68 bits per heavy atom. The summed E-state index contributed by atoms with van der Waals surface area (Å²) in [5.74, 6) is 0.476. The number of nitrogens with one attached hydrogen (secondary N) is 2. The first-order valence-corrected chi connectivity index (χ1v) is 12.6. The number of aryl methyl sites for hydroxylation is 1. The number of anilines is 2. The normalized spacial score (nSPS) is 18.7. The van der Waals surface area contributed by atoms with Crippen LogP contribution in [0.3, 0.4) is 0 Å². The van der Waals surface area contributed by atoms with E-state index in [1.165, 1.54) is 23.3 Å². The molecule has 1 aliphatic carbocycles. The molecule has 2 amide bonds. The summed E-state index contributed by atoms with van der Waals surface area (Å²) >= 11 is 1.50. The van der Waals surface area contributed by atoms with E-state index in [0.29, 0.717) is 48.2 Å². The van der Waals surface area contributed by atoms with Crippen molar-refractivity contribution in [3.8, 4) is 0 Å². The Kier molecular flexibility index (Phi) is 7.63. The maximum absolute atomic E-state index is 12.8. The van der Waals surface area contributed by atoms with Crippen LogP contribution in [-0.2, 0) is 27.2 Å². The van der Waals surface area contributed by atoms with Crippen molar-refractivity contribution in [3.63, 3.8) is 0 Å². The first-order chi connectivity index (χ1) is 16.3. The van der Waals surface area contributed by atoms with Gasteiger partial charge in [0.15, 0.2) is 0 Å². The molecule has 2 N–H and O–H groups in total. The summed E-state index contributed by atoms with van der Waals surface area (Å²) in [4.78, 5) is 45.3. The number of piperidine rings is 1. The van der Waals surface area contributed by atoms with Crippen LogP contribution in [0.25, 0.3) is 0 Å². The number of pyridine rings is 1. The molecule has 3 heterocycles. The topological polar surface area (TPSA) is 101 Å². The van der Waals surface area contributed by atoms with Gasteiger partial charge in [-0.2, -0.15) is 0 Å². The zero-order valence-electron chi connectivity index (χ0n) is 20.0. The lowest BCUT2D eigenvalue weighted by Crippen LogP contribution is -2.41. The second kappa shape index (κ2) is 10.7. The van der Waals surface area contributed by atoms with Crippen molar-refractivity contribution in [1.29, 1.82) is 0 Å².